The fourth-order valence-electron chi connectivity index (χ4n) is 3.08. The number of fused-ring (bicyclic) bond motifs is 2. The van der Waals surface area contributed by atoms with Crippen LogP contribution in [-0.2, 0) is 83.4 Å². The largest absolute Gasteiger partial charge is 0.425 e. The highest BCUT2D eigenvalue weighted by atomic mass is 32.2. The molecule has 0 spiro atoms. The Morgan fingerprint density at radius 2 is 0.593 bits per heavy atom. The summed E-state index contributed by atoms with van der Waals surface area (Å²) in [5.74, 6) is 0. The van der Waals surface area contributed by atoms with Crippen molar-refractivity contribution in [1.29, 1.82) is 0 Å². The molecule has 0 fully saturated rings. The molecule has 0 aromatic heterocycles. The molecular weight excluding hydrogens is 909 g/mol. The molecule has 0 saturated heterocycles. The highest BCUT2D eigenvalue weighted by molar-refractivity contribution is 7.89. The van der Waals surface area contributed by atoms with Gasteiger partial charge < -0.3 is 11.5 Å². The SMILES string of the molecule is Nc1ccc2cc(S(=O)(=O)O)c(S(=O)(=O)O)cc2c1.Nc1ccc2cc(S(=O)(=O)O)ccc2c1.O=S(=O)=O.O=S(=O)=O.O=S(=O)=O.O=S(=O)=O.O=S(=O)=O. The Morgan fingerprint density at radius 3 is 0.889 bits per heavy atom. The van der Waals surface area contributed by atoms with Crippen molar-refractivity contribution in [3.63, 3.8) is 0 Å². The Morgan fingerprint density at radius 1 is 0.352 bits per heavy atom. The van der Waals surface area contributed by atoms with Crippen molar-refractivity contribution in [2.75, 3.05) is 11.5 Å². The lowest BCUT2D eigenvalue weighted by molar-refractivity contribution is 0.467. The quantitative estimate of drug-likeness (QED) is 0.105. The molecule has 0 radical (unpaired) electrons. The van der Waals surface area contributed by atoms with Crippen LogP contribution < -0.4 is 11.5 Å². The van der Waals surface area contributed by atoms with E-state index in [0.29, 0.717) is 22.1 Å². The summed E-state index contributed by atoms with van der Waals surface area (Å²) in [5, 5.41) is 2.23. The van der Waals surface area contributed by atoms with Crippen LogP contribution in [0, 0.1) is 0 Å². The Bertz CT molecular complexity index is 2700. The first-order valence-corrected chi connectivity index (χ1v) is 20.9. The van der Waals surface area contributed by atoms with E-state index in [1.165, 1.54) is 30.3 Å². The maximum atomic E-state index is 11.2. The van der Waals surface area contributed by atoms with Gasteiger partial charge in [0.25, 0.3) is 30.4 Å². The van der Waals surface area contributed by atoms with Crippen LogP contribution in [0.5, 0.6) is 0 Å². The second kappa shape index (κ2) is 24.2. The fourth-order valence-corrected chi connectivity index (χ4v) is 5.41. The monoisotopic (exact) mass is 926 g/mol. The number of anilines is 2. The zero-order valence-corrected chi connectivity index (χ0v) is 31.7. The minimum atomic E-state index is -4.80. The molecular formula is C20H18N2O24S8. The number of nitrogen functional groups attached to an aromatic ring is 2. The van der Waals surface area contributed by atoms with Crippen LogP contribution in [0.1, 0.15) is 0 Å². The van der Waals surface area contributed by atoms with Gasteiger partial charge in [0, 0.05) is 11.4 Å². The first kappa shape index (κ1) is 53.2. The molecule has 0 aliphatic carbocycles. The molecule has 0 bridgehead atoms. The van der Waals surface area contributed by atoms with Crippen molar-refractivity contribution in [1.82, 2.24) is 0 Å². The first-order valence-electron chi connectivity index (χ1n) is 11.6. The molecule has 54 heavy (non-hydrogen) atoms. The van der Waals surface area contributed by atoms with Crippen molar-refractivity contribution in [3.8, 4) is 0 Å². The summed E-state index contributed by atoms with van der Waals surface area (Å²) in [6, 6.07) is 15.7. The smallest absolute Gasteiger partial charge is 0.399 e. The number of benzene rings is 4. The Kier molecular flexibility index (Phi) is 23.8. The van der Waals surface area contributed by atoms with Crippen LogP contribution in [0.15, 0.2) is 81.4 Å². The lowest BCUT2D eigenvalue weighted by atomic mass is 10.1. The lowest BCUT2D eigenvalue weighted by Gasteiger charge is -2.07. The van der Waals surface area contributed by atoms with Crippen LogP contribution >= 0.6 is 0 Å². The zero-order chi connectivity index (χ0) is 43.4. The van der Waals surface area contributed by atoms with Crippen LogP contribution in [0.4, 0.5) is 11.4 Å². The van der Waals surface area contributed by atoms with Gasteiger partial charge in [0.2, 0.25) is 0 Å². The van der Waals surface area contributed by atoms with Gasteiger partial charge in [0.1, 0.15) is 9.79 Å². The van der Waals surface area contributed by atoms with E-state index in [-0.39, 0.29) is 4.90 Å². The van der Waals surface area contributed by atoms with Gasteiger partial charge >= 0.3 is 53.0 Å². The van der Waals surface area contributed by atoms with E-state index < -0.39 is 93.2 Å². The highest BCUT2D eigenvalue weighted by Crippen LogP contribution is 2.28. The fraction of sp³-hybridized carbons (Fsp3) is 0. The van der Waals surface area contributed by atoms with Crippen LogP contribution in [0.25, 0.3) is 21.5 Å². The number of nitrogens with two attached hydrogens (primary N) is 2. The van der Waals surface area contributed by atoms with Crippen molar-refractivity contribution >= 4 is 116 Å². The van der Waals surface area contributed by atoms with Crippen molar-refractivity contribution in [2.45, 2.75) is 14.7 Å². The molecule has 4 aromatic carbocycles. The van der Waals surface area contributed by atoms with E-state index in [4.69, 9.17) is 88.3 Å². The highest BCUT2D eigenvalue weighted by Gasteiger charge is 2.24. The van der Waals surface area contributed by atoms with E-state index in [2.05, 4.69) is 0 Å². The minimum Gasteiger partial charge on any atom is -0.399 e. The molecule has 34 heteroatoms. The predicted octanol–water partition coefficient (Wildman–Crippen LogP) is -2.44. The van der Waals surface area contributed by atoms with Gasteiger partial charge in [0.15, 0.2) is 0 Å². The standard InChI is InChI=1S/C10H9NO6S2.C10H9NO3S.5O3S/c11-8-2-1-6-4-9(18(12,13)14)10(19(15,16)17)5-7(6)3-8;11-9-3-1-8-6-10(15(12,13)14)4-2-7(8)5-9;5*1-4(2)3/h1-5H,11H2,(H,12,13,14)(H,15,16,17);1-6H,11H2,(H,12,13,14);;;;;. The maximum Gasteiger partial charge on any atom is 0.425 e. The molecule has 300 valence electrons. The van der Waals surface area contributed by atoms with Gasteiger partial charge in [-0.3, -0.25) is 13.7 Å². The first-order chi connectivity index (χ1) is 24.2. The molecule has 4 aromatic rings. The average molecular weight is 927 g/mol. The molecule has 0 aliphatic heterocycles. The Balaban J connectivity index is -0.000000654. The summed E-state index contributed by atoms with van der Waals surface area (Å²) in [4.78, 5) is -1.89. The van der Waals surface area contributed by atoms with E-state index in [9.17, 15) is 25.3 Å². The van der Waals surface area contributed by atoms with Gasteiger partial charge in [-0.25, -0.2) is 0 Å². The van der Waals surface area contributed by atoms with Gasteiger partial charge in [-0.2, -0.15) is 25.3 Å². The molecule has 0 unspecified atom stereocenters. The van der Waals surface area contributed by atoms with E-state index >= 15 is 0 Å². The number of hydrogen-bond donors (Lipinski definition) is 5. The number of rotatable bonds is 3. The zero-order valence-electron chi connectivity index (χ0n) is 25.2. The molecule has 26 nitrogen and oxygen atoms in total. The number of hydrogen-bond acceptors (Lipinski definition) is 23. The third kappa shape index (κ3) is 27.5. The molecule has 0 heterocycles. The Hall–Kier alpha value is -5.17. The molecule has 4 rings (SSSR count). The van der Waals surface area contributed by atoms with Crippen LogP contribution in [0.3, 0.4) is 0 Å². The van der Waals surface area contributed by atoms with Crippen LogP contribution in [0.2, 0.25) is 0 Å². The summed E-state index contributed by atoms with van der Waals surface area (Å²) < 4.78 is 220. The third-order valence-corrected chi connectivity index (χ3v) is 7.38. The van der Waals surface area contributed by atoms with Gasteiger partial charge in [-0.15, -0.1) is 63.1 Å². The Labute approximate surface area is 309 Å². The van der Waals surface area contributed by atoms with Gasteiger partial charge in [-0.1, -0.05) is 18.2 Å². The molecule has 0 amide bonds. The van der Waals surface area contributed by atoms with Crippen molar-refractivity contribution < 1.29 is 102 Å². The van der Waals surface area contributed by atoms with Crippen molar-refractivity contribution in [3.05, 3.63) is 66.7 Å². The normalized spacial score (nSPS) is 9.98. The topological polar surface area (TPSA) is 471 Å². The van der Waals surface area contributed by atoms with E-state index in [1.54, 1.807) is 24.3 Å². The van der Waals surface area contributed by atoms with Gasteiger partial charge in [0.05, 0.1) is 4.90 Å². The second-order valence-electron chi connectivity index (χ2n) is 8.12. The maximum absolute atomic E-state index is 11.2. The van der Waals surface area contributed by atoms with Gasteiger partial charge in [-0.05, 0) is 70.1 Å². The third-order valence-electron chi connectivity index (χ3n) is 4.62. The summed E-state index contributed by atoms with van der Waals surface area (Å²) >= 11 is 0. The molecule has 0 atom stereocenters. The molecule has 0 aliphatic rings. The van der Waals surface area contributed by atoms with Crippen LogP contribution in [-0.4, -0.2) is 102 Å². The summed E-state index contributed by atoms with van der Waals surface area (Å²) in [5.41, 5.74) is 12.1. The van der Waals surface area contributed by atoms with E-state index in [0.717, 1.165) is 22.9 Å². The molecule has 0 saturated carbocycles. The summed E-state index contributed by atoms with van der Waals surface area (Å²) in [7, 11) is -29.3. The minimum absolute atomic E-state index is 0.111. The second-order valence-corrected chi connectivity index (χ2v) is 14.4. The average Bonchev–Trinajstić information content (AvgIpc) is 2.93. The van der Waals surface area contributed by atoms with E-state index in [1.807, 2.05) is 0 Å². The molecule has 7 N–H and O–H groups in total. The summed E-state index contributed by atoms with van der Waals surface area (Å²) in [6.45, 7) is 0. The predicted molar refractivity (Wildman–Crippen MR) is 175 cm³/mol. The van der Waals surface area contributed by atoms with Crippen molar-refractivity contribution in [2.24, 2.45) is 0 Å². The lowest BCUT2D eigenvalue weighted by Crippen LogP contribution is -2.08. The summed E-state index contributed by atoms with van der Waals surface area (Å²) in [6.07, 6.45) is 0.